The molecule has 1 atom stereocenters. The Kier molecular flexibility index (Phi) is 7.62. The summed E-state index contributed by atoms with van der Waals surface area (Å²) in [6.45, 7) is 4.12. The first-order valence-electron chi connectivity index (χ1n) is 11.9. The number of aryl methyl sites for hydroxylation is 1. The van der Waals surface area contributed by atoms with E-state index in [0.717, 1.165) is 34.2 Å². The van der Waals surface area contributed by atoms with E-state index in [1.807, 2.05) is 19.9 Å². The normalized spacial score (nSPS) is 15.1. The zero-order valence-corrected chi connectivity index (χ0v) is 20.4. The Morgan fingerprint density at radius 3 is 2.71 bits per heavy atom. The molecule has 0 spiro atoms. The van der Waals surface area contributed by atoms with Crippen LogP contribution in [0.5, 0.6) is 0 Å². The van der Waals surface area contributed by atoms with Crippen LogP contribution in [-0.4, -0.2) is 40.0 Å². The van der Waals surface area contributed by atoms with Crippen LogP contribution >= 0.6 is 11.3 Å². The molecule has 180 valence electrons. The average molecular weight is 482 g/mol. The van der Waals surface area contributed by atoms with Crippen LogP contribution in [-0.2, 0) is 11.3 Å². The van der Waals surface area contributed by atoms with Gasteiger partial charge >= 0.3 is 0 Å². The van der Waals surface area contributed by atoms with Crippen molar-refractivity contribution in [1.82, 2.24) is 26.1 Å². The standard InChI is InChI=1S/C25H31N5O3S/c1-3-20(29-23(31)16-9-10-21-18(11-16)14-27-30-21)24(32)26-13-17-12-22(34-15(17)2)25(33)28-19-7-5-4-6-8-19/h9-12,14,19-20H,3-8,13H2,1-2H3,(H,26,32)(H,27,30)(H,28,33)(H,29,31). The molecule has 1 aliphatic carbocycles. The second-order valence-corrected chi connectivity index (χ2v) is 10.1. The molecule has 2 heterocycles. The second kappa shape index (κ2) is 10.8. The molecule has 0 radical (unpaired) electrons. The number of nitrogens with zero attached hydrogens (tertiary/aromatic N) is 1. The van der Waals surface area contributed by atoms with Gasteiger partial charge in [-0.2, -0.15) is 5.10 Å². The summed E-state index contributed by atoms with van der Waals surface area (Å²) in [5.74, 6) is -0.594. The summed E-state index contributed by atoms with van der Waals surface area (Å²) in [5.41, 5.74) is 2.24. The van der Waals surface area contributed by atoms with E-state index < -0.39 is 6.04 Å². The molecule has 3 amide bonds. The molecule has 1 unspecified atom stereocenters. The van der Waals surface area contributed by atoms with Gasteiger partial charge in [-0.1, -0.05) is 26.2 Å². The van der Waals surface area contributed by atoms with Gasteiger partial charge in [0.25, 0.3) is 11.8 Å². The van der Waals surface area contributed by atoms with Crippen molar-refractivity contribution in [1.29, 1.82) is 0 Å². The first-order valence-corrected chi connectivity index (χ1v) is 12.7. The minimum atomic E-state index is -0.652. The number of aromatic amines is 1. The smallest absolute Gasteiger partial charge is 0.261 e. The number of benzene rings is 1. The molecule has 4 N–H and O–H groups in total. The summed E-state index contributed by atoms with van der Waals surface area (Å²) >= 11 is 1.45. The van der Waals surface area contributed by atoms with Crippen LogP contribution in [0.2, 0.25) is 0 Å². The largest absolute Gasteiger partial charge is 0.350 e. The highest BCUT2D eigenvalue weighted by Crippen LogP contribution is 2.23. The van der Waals surface area contributed by atoms with Gasteiger partial charge in [-0.25, -0.2) is 0 Å². The van der Waals surface area contributed by atoms with E-state index in [1.54, 1.807) is 24.4 Å². The lowest BCUT2D eigenvalue weighted by Crippen LogP contribution is -2.46. The van der Waals surface area contributed by atoms with Crippen molar-refractivity contribution in [3.05, 3.63) is 51.3 Å². The molecule has 1 saturated carbocycles. The number of amides is 3. The number of carbonyl (C=O) groups is 3. The number of hydrogen-bond acceptors (Lipinski definition) is 5. The Hall–Kier alpha value is -3.20. The molecule has 0 aliphatic heterocycles. The van der Waals surface area contributed by atoms with Gasteiger partial charge in [0.1, 0.15) is 6.04 Å². The van der Waals surface area contributed by atoms with E-state index in [2.05, 4.69) is 26.1 Å². The molecule has 0 saturated heterocycles. The quantitative estimate of drug-likeness (QED) is 0.391. The Labute approximate surface area is 202 Å². The molecule has 1 fully saturated rings. The van der Waals surface area contributed by atoms with Crippen molar-refractivity contribution in [3.63, 3.8) is 0 Å². The van der Waals surface area contributed by atoms with Gasteiger partial charge in [0.15, 0.2) is 0 Å². The van der Waals surface area contributed by atoms with Crippen molar-refractivity contribution < 1.29 is 14.4 Å². The molecule has 8 nitrogen and oxygen atoms in total. The predicted molar refractivity (Wildman–Crippen MR) is 133 cm³/mol. The lowest BCUT2D eigenvalue weighted by atomic mass is 9.95. The number of carbonyl (C=O) groups excluding carboxylic acids is 3. The summed E-state index contributed by atoms with van der Waals surface area (Å²) in [6, 6.07) is 6.70. The predicted octanol–water partition coefficient (Wildman–Crippen LogP) is 3.82. The van der Waals surface area contributed by atoms with Crippen molar-refractivity contribution in [2.45, 2.75) is 71.0 Å². The summed E-state index contributed by atoms with van der Waals surface area (Å²) in [5, 5.41) is 16.5. The van der Waals surface area contributed by atoms with Crippen LogP contribution in [0, 0.1) is 6.92 Å². The van der Waals surface area contributed by atoms with Gasteiger partial charge in [-0.3, -0.25) is 19.5 Å². The fourth-order valence-corrected chi connectivity index (χ4v) is 5.24. The van der Waals surface area contributed by atoms with E-state index in [-0.39, 0.29) is 23.8 Å². The maximum Gasteiger partial charge on any atom is 0.261 e. The number of rotatable bonds is 8. The van der Waals surface area contributed by atoms with E-state index in [9.17, 15) is 14.4 Å². The van der Waals surface area contributed by atoms with E-state index in [1.165, 1.54) is 30.6 Å². The van der Waals surface area contributed by atoms with Crippen molar-refractivity contribution >= 4 is 40.0 Å². The average Bonchev–Trinajstić information content (AvgIpc) is 3.47. The van der Waals surface area contributed by atoms with Crippen molar-refractivity contribution in [2.75, 3.05) is 0 Å². The molecular formula is C25H31N5O3S. The van der Waals surface area contributed by atoms with E-state index >= 15 is 0 Å². The second-order valence-electron chi connectivity index (χ2n) is 8.82. The van der Waals surface area contributed by atoms with Crippen LogP contribution in [0.15, 0.2) is 30.5 Å². The van der Waals surface area contributed by atoms with E-state index in [0.29, 0.717) is 23.4 Å². The number of fused-ring (bicyclic) bond motifs is 1. The molecule has 1 aliphatic rings. The Balaban J connectivity index is 1.32. The summed E-state index contributed by atoms with van der Waals surface area (Å²) in [6.07, 6.45) is 7.77. The fraction of sp³-hybridized carbons (Fsp3) is 0.440. The molecule has 9 heteroatoms. The lowest BCUT2D eigenvalue weighted by Gasteiger charge is -2.22. The first-order chi connectivity index (χ1) is 16.4. The highest BCUT2D eigenvalue weighted by Gasteiger charge is 2.22. The molecule has 2 aromatic heterocycles. The van der Waals surface area contributed by atoms with Gasteiger partial charge in [0.05, 0.1) is 16.6 Å². The van der Waals surface area contributed by atoms with Crippen LogP contribution in [0.3, 0.4) is 0 Å². The Morgan fingerprint density at radius 1 is 1.15 bits per heavy atom. The Morgan fingerprint density at radius 2 is 1.94 bits per heavy atom. The molecule has 1 aromatic carbocycles. The number of H-pyrrole nitrogens is 1. The third kappa shape index (κ3) is 5.64. The van der Waals surface area contributed by atoms with Gasteiger partial charge < -0.3 is 16.0 Å². The van der Waals surface area contributed by atoms with Crippen LogP contribution in [0.25, 0.3) is 10.9 Å². The molecule has 4 rings (SSSR count). The Bertz CT molecular complexity index is 1180. The minimum absolute atomic E-state index is 0.0362. The number of aromatic nitrogens is 2. The molecule has 0 bridgehead atoms. The third-order valence-electron chi connectivity index (χ3n) is 6.37. The van der Waals surface area contributed by atoms with Crippen LogP contribution in [0.4, 0.5) is 0 Å². The summed E-state index contributed by atoms with van der Waals surface area (Å²) in [7, 11) is 0. The molecular weight excluding hydrogens is 450 g/mol. The van der Waals surface area contributed by atoms with Crippen molar-refractivity contribution in [3.8, 4) is 0 Å². The minimum Gasteiger partial charge on any atom is -0.350 e. The number of nitrogens with one attached hydrogen (secondary N) is 4. The third-order valence-corrected chi connectivity index (χ3v) is 7.46. The van der Waals surface area contributed by atoms with Gasteiger partial charge in [0, 0.05) is 28.4 Å². The fourth-order valence-electron chi connectivity index (χ4n) is 4.29. The van der Waals surface area contributed by atoms with Gasteiger partial charge in [0.2, 0.25) is 5.91 Å². The number of thiophene rings is 1. The first kappa shape index (κ1) is 23.9. The highest BCUT2D eigenvalue weighted by atomic mass is 32.1. The summed E-state index contributed by atoms with van der Waals surface area (Å²) in [4.78, 5) is 39.8. The van der Waals surface area contributed by atoms with Crippen molar-refractivity contribution in [2.24, 2.45) is 0 Å². The van der Waals surface area contributed by atoms with Gasteiger partial charge in [-0.15, -0.1) is 11.3 Å². The zero-order chi connectivity index (χ0) is 24.1. The maximum absolute atomic E-state index is 12.8. The SMILES string of the molecule is CCC(NC(=O)c1ccc2[nH]ncc2c1)C(=O)NCc1cc(C(=O)NC2CCCCC2)sc1C. The van der Waals surface area contributed by atoms with E-state index in [4.69, 9.17) is 0 Å². The summed E-state index contributed by atoms with van der Waals surface area (Å²) < 4.78 is 0. The monoisotopic (exact) mass is 481 g/mol. The lowest BCUT2D eigenvalue weighted by molar-refractivity contribution is -0.123. The number of hydrogen-bond donors (Lipinski definition) is 4. The van der Waals surface area contributed by atoms with Crippen LogP contribution in [0.1, 0.15) is 75.9 Å². The molecule has 3 aromatic rings. The highest BCUT2D eigenvalue weighted by molar-refractivity contribution is 7.14. The van der Waals surface area contributed by atoms with Crippen LogP contribution < -0.4 is 16.0 Å². The zero-order valence-electron chi connectivity index (χ0n) is 19.6. The molecule has 34 heavy (non-hydrogen) atoms. The maximum atomic E-state index is 12.8. The topological polar surface area (TPSA) is 116 Å². The van der Waals surface area contributed by atoms with Gasteiger partial charge in [-0.05, 0) is 56.0 Å².